The zero-order valence-corrected chi connectivity index (χ0v) is 8.58. The molecule has 1 rings (SSSR count). The fourth-order valence-corrected chi connectivity index (χ4v) is 1.17. The fraction of sp³-hybridized carbons (Fsp3) is 0.636. The summed E-state index contributed by atoms with van der Waals surface area (Å²) >= 11 is 0. The normalized spacial score (nSPS) is 14.5. The van der Waals surface area contributed by atoms with Crippen LogP contribution in [0.5, 0.6) is 0 Å². The first-order valence-corrected chi connectivity index (χ1v) is 4.69. The minimum absolute atomic E-state index is 0.0241. The van der Waals surface area contributed by atoms with Crippen LogP contribution in [0.2, 0.25) is 0 Å². The topological polar surface area (TPSA) is 33.4 Å². The molecule has 0 saturated heterocycles. The molecule has 1 aromatic heterocycles. The lowest BCUT2D eigenvalue weighted by atomic mass is 9.86. The number of rotatable bonds is 3. The molecule has 2 heteroatoms. The lowest BCUT2D eigenvalue weighted by Gasteiger charge is -2.25. The summed E-state index contributed by atoms with van der Waals surface area (Å²) in [5.74, 6) is 0. The molecule has 1 atom stereocenters. The lowest BCUT2D eigenvalue weighted by Crippen LogP contribution is -2.26. The highest BCUT2D eigenvalue weighted by molar-refractivity contribution is 5.05. The van der Waals surface area contributed by atoms with Gasteiger partial charge in [0.25, 0.3) is 0 Å². The molecule has 0 fully saturated rings. The van der Waals surface area contributed by atoms with Gasteiger partial charge >= 0.3 is 0 Å². The van der Waals surface area contributed by atoms with Crippen molar-refractivity contribution >= 4 is 0 Å². The minimum Gasteiger partial charge on any atom is -0.472 e. The van der Waals surface area contributed by atoms with Gasteiger partial charge in [0.05, 0.1) is 18.6 Å². The zero-order chi connectivity index (χ0) is 9.90. The Balaban J connectivity index is 2.35. The summed E-state index contributed by atoms with van der Waals surface area (Å²) in [5, 5.41) is 9.75. The van der Waals surface area contributed by atoms with Gasteiger partial charge in [-0.15, -0.1) is 0 Å². The molecule has 1 unspecified atom stereocenters. The maximum Gasteiger partial charge on any atom is 0.0934 e. The lowest BCUT2D eigenvalue weighted by molar-refractivity contribution is 0.0560. The van der Waals surface area contributed by atoms with E-state index in [0.29, 0.717) is 0 Å². The Hall–Kier alpha value is -0.760. The highest BCUT2D eigenvalue weighted by atomic mass is 16.3. The van der Waals surface area contributed by atoms with Crippen LogP contribution in [0.1, 0.15) is 32.8 Å². The largest absolute Gasteiger partial charge is 0.472 e. The van der Waals surface area contributed by atoms with Crippen LogP contribution in [-0.4, -0.2) is 11.2 Å². The van der Waals surface area contributed by atoms with E-state index < -0.39 is 0 Å². The predicted molar refractivity (Wildman–Crippen MR) is 52.5 cm³/mol. The van der Waals surface area contributed by atoms with Crippen LogP contribution in [0, 0.1) is 5.41 Å². The maximum atomic E-state index is 9.75. The standard InChI is InChI=1S/C11H18O2/c1-11(2,3)10(12)5-4-9-6-7-13-8-9/h6-8,10,12H,4-5H2,1-3H3. The molecular weight excluding hydrogens is 164 g/mol. The Morgan fingerprint density at radius 2 is 2.15 bits per heavy atom. The molecule has 74 valence electrons. The second kappa shape index (κ2) is 3.97. The maximum absolute atomic E-state index is 9.75. The molecule has 13 heavy (non-hydrogen) atoms. The van der Waals surface area contributed by atoms with Crippen LogP contribution < -0.4 is 0 Å². The molecule has 0 aliphatic heterocycles. The number of aliphatic hydroxyl groups is 1. The molecule has 0 spiro atoms. The molecular formula is C11H18O2. The number of hydrogen-bond acceptors (Lipinski definition) is 2. The Bertz CT molecular complexity index is 231. The third-order valence-electron chi connectivity index (χ3n) is 2.29. The minimum atomic E-state index is -0.248. The Morgan fingerprint density at radius 1 is 1.46 bits per heavy atom. The highest BCUT2D eigenvalue weighted by Crippen LogP contribution is 2.22. The van der Waals surface area contributed by atoms with Crippen LogP contribution >= 0.6 is 0 Å². The third kappa shape index (κ3) is 3.23. The summed E-state index contributed by atoms with van der Waals surface area (Å²) in [7, 11) is 0. The van der Waals surface area contributed by atoms with Crippen molar-refractivity contribution in [1.29, 1.82) is 0 Å². The first kappa shape index (κ1) is 10.3. The SMILES string of the molecule is CC(C)(C)C(O)CCc1ccoc1. The highest BCUT2D eigenvalue weighted by Gasteiger charge is 2.21. The van der Waals surface area contributed by atoms with Crippen LogP contribution in [0.15, 0.2) is 23.0 Å². The smallest absolute Gasteiger partial charge is 0.0934 e. The fourth-order valence-electron chi connectivity index (χ4n) is 1.17. The second-order valence-corrected chi connectivity index (χ2v) is 4.55. The molecule has 0 radical (unpaired) electrons. The summed E-state index contributed by atoms with van der Waals surface area (Å²) in [6.07, 6.45) is 4.83. The molecule has 0 amide bonds. The van der Waals surface area contributed by atoms with E-state index in [2.05, 4.69) is 0 Å². The van der Waals surface area contributed by atoms with Gasteiger partial charge in [0.1, 0.15) is 0 Å². The van der Waals surface area contributed by atoms with Gasteiger partial charge in [-0.25, -0.2) is 0 Å². The van der Waals surface area contributed by atoms with Crippen molar-refractivity contribution < 1.29 is 9.52 Å². The molecule has 0 bridgehead atoms. The van der Waals surface area contributed by atoms with Crippen molar-refractivity contribution in [2.24, 2.45) is 5.41 Å². The van der Waals surface area contributed by atoms with Crippen LogP contribution in [-0.2, 0) is 6.42 Å². The molecule has 1 aromatic rings. The monoisotopic (exact) mass is 182 g/mol. The second-order valence-electron chi connectivity index (χ2n) is 4.55. The average Bonchev–Trinajstić information content (AvgIpc) is 2.50. The van der Waals surface area contributed by atoms with Crippen molar-refractivity contribution in [3.8, 4) is 0 Å². The van der Waals surface area contributed by atoms with E-state index >= 15 is 0 Å². The van der Waals surface area contributed by atoms with Crippen molar-refractivity contribution in [3.05, 3.63) is 24.2 Å². The van der Waals surface area contributed by atoms with Crippen molar-refractivity contribution in [1.82, 2.24) is 0 Å². The summed E-state index contributed by atoms with van der Waals surface area (Å²) < 4.78 is 4.95. The predicted octanol–water partition coefficient (Wildman–Crippen LogP) is 2.62. The van der Waals surface area contributed by atoms with Gasteiger partial charge in [-0.05, 0) is 29.9 Å². The average molecular weight is 182 g/mol. The Morgan fingerprint density at radius 3 is 2.62 bits per heavy atom. The van der Waals surface area contributed by atoms with Crippen molar-refractivity contribution in [2.45, 2.75) is 39.7 Å². The van der Waals surface area contributed by atoms with Gasteiger partial charge in [-0.1, -0.05) is 20.8 Å². The van der Waals surface area contributed by atoms with Crippen LogP contribution in [0.4, 0.5) is 0 Å². The summed E-state index contributed by atoms with van der Waals surface area (Å²) in [6, 6.07) is 1.94. The van der Waals surface area contributed by atoms with Gasteiger partial charge in [0.2, 0.25) is 0 Å². The summed E-state index contributed by atoms with van der Waals surface area (Å²) in [4.78, 5) is 0. The molecule has 0 aromatic carbocycles. The molecule has 2 nitrogen and oxygen atoms in total. The van der Waals surface area contributed by atoms with Gasteiger partial charge in [0.15, 0.2) is 0 Å². The van der Waals surface area contributed by atoms with E-state index in [9.17, 15) is 5.11 Å². The van der Waals surface area contributed by atoms with Gasteiger partial charge in [-0.3, -0.25) is 0 Å². The summed E-state index contributed by atoms with van der Waals surface area (Å²) in [6.45, 7) is 6.15. The van der Waals surface area contributed by atoms with Gasteiger partial charge in [0, 0.05) is 0 Å². The van der Waals surface area contributed by atoms with E-state index in [0.717, 1.165) is 18.4 Å². The molecule has 0 aliphatic carbocycles. The Labute approximate surface area is 79.6 Å². The zero-order valence-electron chi connectivity index (χ0n) is 8.58. The number of hydrogen-bond donors (Lipinski definition) is 1. The van der Waals surface area contributed by atoms with E-state index in [1.54, 1.807) is 12.5 Å². The molecule has 1 heterocycles. The number of aliphatic hydroxyl groups excluding tert-OH is 1. The van der Waals surface area contributed by atoms with E-state index in [-0.39, 0.29) is 11.5 Å². The van der Waals surface area contributed by atoms with Gasteiger partial charge < -0.3 is 9.52 Å². The molecule has 0 aliphatic rings. The van der Waals surface area contributed by atoms with Gasteiger partial charge in [-0.2, -0.15) is 0 Å². The van der Waals surface area contributed by atoms with Crippen LogP contribution in [0.25, 0.3) is 0 Å². The first-order chi connectivity index (χ1) is 6.00. The first-order valence-electron chi connectivity index (χ1n) is 4.69. The molecule has 0 saturated carbocycles. The Kier molecular flexibility index (Phi) is 3.15. The number of furan rings is 1. The van der Waals surface area contributed by atoms with E-state index in [4.69, 9.17) is 4.42 Å². The summed E-state index contributed by atoms with van der Waals surface area (Å²) in [5.41, 5.74) is 1.13. The van der Waals surface area contributed by atoms with E-state index in [1.807, 2.05) is 26.8 Å². The third-order valence-corrected chi connectivity index (χ3v) is 2.29. The van der Waals surface area contributed by atoms with Crippen LogP contribution in [0.3, 0.4) is 0 Å². The van der Waals surface area contributed by atoms with E-state index in [1.165, 1.54) is 0 Å². The number of aryl methyl sites for hydroxylation is 1. The van der Waals surface area contributed by atoms with Crippen molar-refractivity contribution in [2.75, 3.05) is 0 Å². The quantitative estimate of drug-likeness (QED) is 0.779. The van der Waals surface area contributed by atoms with Crippen molar-refractivity contribution in [3.63, 3.8) is 0 Å². The molecule has 1 N–H and O–H groups in total.